The number of rotatable bonds is 6. The van der Waals surface area contributed by atoms with Crippen LogP contribution in [0.15, 0.2) is 24.4 Å². The number of hydrogen-bond acceptors (Lipinski definition) is 4. The highest BCUT2D eigenvalue weighted by molar-refractivity contribution is 5.67. The first-order valence-corrected chi connectivity index (χ1v) is 7.74. The van der Waals surface area contributed by atoms with Crippen LogP contribution in [-0.2, 0) is 11.3 Å². The Morgan fingerprint density at radius 3 is 2.45 bits per heavy atom. The number of amides is 1. The van der Waals surface area contributed by atoms with Crippen molar-refractivity contribution in [3.63, 3.8) is 0 Å². The van der Waals surface area contributed by atoms with E-state index in [0.717, 1.165) is 5.69 Å². The average molecular weight is 307 g/mol. The lowest BCUT2D eigenvalue weighted by atomic mass is 9.88. The van der Waals surface area contributed by atoms with Gasteiger partial charge in [0.05, 0.1) is 5.69 Å². The van der Waals surface area contributed by atoms with E-state index in [-0.39, 0.29) is 11.6 Å². The lowest BCUT2D eigenvalue weighted by Gasteiger charge is -2.35. The largest absolute Gasteiger partial charge is 0.444 e. The van der Waals surface area contributed by atoms with Crippen molar-refractivity contribution in [3.05, 3.63) is 30.1 Å². The van der Waals surface area contributed by atoms with Crippen molar-refractivity contribution in [2.24, 2.45) is 5.92 Å². The van der Waals surface area contributed by atoms with Gasteiger partial charge in [0.1, 0.15) is 5.60 Å². The molecule has 0 spiro atoms. The van der Waals surface area contributed by atoms with Crippen molar-refractivity contribution < 1.29 is 9.53 Å². The Morgan fingerprint density at radius 1 is 1.27 bits per heavy atom. The molecule has 1 aromatic heterocycles. The van der Waals surface area contributed by atoms with Crippen molar-refractivity contribution in [2.75, 3.05) is 6.54 Å². The molecule has 0 aliphatic rings. The molecule has 2 N–H and O–H groups in total. The molecule has 1 atom stereocenters. The Labute approximate surface area is 133 Å². The predicted molar refractivity (Wildman–Crippen MR) is 88.6 cm³/mol. The zero-order valence-corrected chi connectivity index (χ0v) is 14.6. The summed E-state index contributed by atoms with van der Waals surface area (Å²) in [5.74, 6) is 0.339. The highest BCUT2D eigenvalue weighted by Crippen LogP contribution is 2.17. The fraction of sp³-hybridized carbons (Fsp3) is 0.647. The molecule has 1 heterocycles. The van der Waals surface area contributed by atoms with Gasteiger partial charge < -0.3 is 15.4 Å². The molecule has 1 amide bonds. The van der Waals surface area contributed by atoms with Crippen LogP contribution in [0.2, 0.25) is 0 Å². The van der Waals surface area contributed by atoms with Crippen LogP contribution in [0.3, 0.4) is 0 Å². The summed E-state index contributed by atoms with van der Waals surface area (Å²) >= 11 is 0. The topological polar surface area (TPSA) is 63.2 Å². The van der Waals surface area contributed by atoms with E-state index in [9.17, 15) is 4.79 Å². The zero-order valence-electron chi connectivity index (χ0n) is 14.6. The quantitative estimate of drug-likeness (QED) is 0.847. The van der Waals surface area contributed by atoms with Gasteiger partial charge in [-0.05, 0) is 45.7 Å². The summed E-state index contributed by atoms with van der Waals surface area (Å²) in [6, 6.07) is 5.85. The van der Waals surface area contributed by atoms with Gasteiger partial charge >= 0.3 is 6.09 Å². The maximum Gasteiger partial charge on any atom is 0.407 e. The number of hydrogen-bond donors (Lipinski definition) is 2. The zero-order chi connectivity index (χ0) is 16.8. The molecule has 1 unspecified atom stereocenters. The monoisotopic (exact) mass is 307 g/mol. The highest BCUT2D eigenvalue weighted by atomic mass is 16.6. The second-order valence-electron chi connectivity index (χ2n) is 7.10. The Bertz CT molecular complexity index is 469. The van der Waals surface area contributed by atoms with Gasteiger partial charge in [-0.25, -0.2) is 4.79 Å². The summed E-state index contributed by atoms with van der Waals surface area (Å²) < 4.78 is 5.29. The number of alkyl carbamates (subject to hydrolysis) is 1. The number of ether oxygens (including phenoxy) is 1. The minimum Gasteiger partial charge on any atom is -0.444 e. The molecular weight excluding hydrogens is 278 g/mol. The molecule has 1 rings (SSSR count). The normalized spacial score (nSPS) is 14.5. The summed E-state index contributed by atoms with van der Waals surface area (Å²) in [5.41, 5.74) is 0.250. The van der Waals surface area contributed by atoms with Crippen LogP contribution in [0.4, 0.5) is 4.79 Å². The lowest BCUT2D eigenvalue weighted by molar-refractivity contribution is 0.0503. The fourth-order valence-electron chi connectivity index (χ4n) is 1.84. The molecule has 0 radical (unpaired) electrons. The van der Waals surface area contributed by atoms with Crippen molar-refractivity contribution in [1.29, 1.82) is 0 Å². The van der Waals surface area contributed by atoms with E-state index < -0.39 is 5.60 Å². The molecule has 0 aliphatic heterocycles. The maximum absolute atomic E-state index is 11.8. The van der Waals surface area contributed by atoms with Gasteiger partial charge in [-0.15, -0.1) is 0 Å². The van der Waals surface area contributed by atoms with Crippen LogP contribution in [0.25, 0.3) is 0 Å². The molecule has 22 heavy (non-hydrogen) atoms. The van der Waals surface area contributed by atoms with Gasteiger partial charge in [-0.3, -0.25) is 4.98 Å². The van der Waals surface area contributed by atoms with Gasteiger partial charge in [0.25, 0.3) is 0 Å². The average Bonchev–Trinajstić information content (AvgIpc) is 2.42. The SMILES string of the molecule is CC(C)C(C)(CNC(=O)OC(C)(C)C)NCc1ccccn1. The molecule has 0 fully saturated rings. The number of pyridine rings is 1. The van der Waals surface area contributed by atoms with E-state index in [1.54, 1.807) is 6.20 Å². The van der Waals surface area contributed by atoms with Crippen LogP contribution < -0.4 is 10.6 Å². The van der Waals surface area contributed by atoms with Gasteiger partial charge in [0, 0.05) is 24.8 Å². The number of nitrogens with zero attached hydrogens (tertiary/aromatic N) is 1. The number of aromatic nitrogens is 1. The molecular formula is C17H29N3O2. The highest BCUT2D eigenvalue weighted by Gasteiger charge is 2.29. The first-order chi connectivity index (χ1) is 10.1. The van der Waals surface area contributed by atoms with Crippen LogP contribution in [-0.4, -0.2) is 28.8 Å². The Balaban J connectivity index is 2.57. The smallest absolute Gasteiger partial charge is 0.407 e. The molecule has 0 aliphatic carbocycles. The molecule has 5 nitrogen and oxygen atoms in total. The van der Waals surface area contributed by atoms with E-state index in [4.69, 9.17) is 4.74 Å². The number of nitrogens with one attached hydrogen (secondary N) is 2. The van der Waals surface area contributed by atoms with Gasteiger partial charge in [-0.2, -0.15) is 0 Å². The van der Waals surface area contributed by atoms with E-state index in [1.807, 2.05) is 39.0 Å². The number of carbonyl (C=O) groups excluding carboxylic acids is 1. The Morgan fingerprint density at radius 2 is 1.95 bits per heavy atom. The minimum absolute atomic E-state index is 0.242. The third kappa shape index (κ3) is 6.43. The van der Waals surface area contributed by atoms with Gasteiger partial charge in [0.2, 0.25) is 0 Å². The van der Waals surface area contributed by atoms with E-state index in [1.165, 1.54) is 0 Å². The number of carbonyl (C=O) groups is 1. The minimum atomic E-state index is -0.486. The first kappa shape index (κ1) is 18.4. The second kappa shape index (κ2) is 7.58. The van der Waals surface area contributed by atoms with Crippen molar-refractivity contribution in [3.8, 4) is 0 Å². The summed E-state index contributed by atoms with van der Waals surface area (Å²) in [6.45, 7) is 13.1. The van der Waals surface area contributed by atoms with Crippen LogP contribution in [0.5, 0.6) is 0 Å². The summed E-state index contributed by atoms with van der Waals surface area (Å²) in [7, 11) is 0. The molecule has 0 aromatic carbocycles. The molecule has 124 valence electrons. The van der Waals surface area contributed by atoms with Crippen molar-refractivity contribution in [1.82, 2.24) is 15.6 Å². The summed E-state index contributed by atoms with van der Waals surface area (Å²) in [4.78, 5) is 16.1. The van der Waals surface area contributed by atoms with E-state index in [0.29, 0.717) is 19.0 Å². The Kier molecular flexibility index (Phi) is 6.35. The predicted octanol–water partition coefficient (Wildman–Crippen LogP) is 3.11. The lowest BCUT2D eigenvalue weighted by Crippen LogP contribution is -2.55. The molecule has 5 heteroatoms. The third-order valence-corrected chi connectivity index (χ3v) is 3.67. The van der Waals surface area contributed by atoms with E-state index in [2.05, 4.69) is 36.4 Å². The summed E-state index contributed by atoms with van der Waals surface area (Å²) in [5, 5.41) is 6.35. The van der Waals surface area contributed by atoms with Crippen molar-refractivity contribution in [2.45, 2.75) is 59.2 Å². The van der Waals surface area contributed by atoms with Crippen LogP contribution >= 0.6 is 0 Å². The maximum atomic E-state index is 11.8. The molecule has 0 saturated heterocycles. The van der Waals surface area contributed by atoms with Crippen molar-refractivity contribution >= 4 is 6.09 Å². The van der Waals surface area contributed by atoms with Crippen LogP contribution in [0, 0.1) is 5.92 Å². The summed E-state index contributed by atoms with van der Waals surface area (Å²) in [6.07, 6.45) is 1.39. The van der Waals surface area contributed by atoms with Gasteiger partial charge in [-0.1, -0.05) is 19.9 Å². The van der Waals surface area contributed by atoms with Gasteiger partial charge in [0.15, 0.2) is 0 Å². The molecule has 0 bridgehead atoms. The molecule has 0 saturated carbocycles. The molecule has 1 aromatic rings. The van der Waals surface area contributed by atoms with Crippen LogP contribution in [0.1, 0.15) is 47.2 Å². The Hall–Kier alpha value is -1.62. The standard InChI is InChI=1S/C17H29N3O2/c1-13(2)17(6,12-19-15(21)22-16(3,4)5)20-11-14-9-7-8-10-18-14/h7-10,13,20H,11-12H2,1-6H3,(H,19,21). The third-order valence-electron chi connectivity index (χ3n) is 3.67. The first-order valence-electron chi connectivity index (χ1n) is 7.74. The fourth-order valence-corrected chi connectivity index (χ4v) is 1.84. The second-order valence-corrected chi connectivity index (χ2v) is 7.10. The van der Waals surface area contributed by atoms with E-state index >= 15 is 0 Å².